The molecule has 3 rings (SSSR count). The smallest absolute Gasteiger partial charge is 0.0677 e. The van der Waals surface area contributed by atoms with Crippen LogP contribution in [0.5, 0.6) is 0 Å². The van der Waals surface area contributed by atoms with E-state index in [0.29, 0.717) is 11.5 Å². The summed E-state index contributed by atoms with van der Waals surface area (Å²) < 4.78 is 11.8. The number of hydrogen-bond acceptors (Lipinski definition) is 3. The fraction of sp³-hybridized carbons (Fsp3) is 1.00. The van der Waals surface area contributed by atoms with E-state index in [1.165, 1.54) is 51.7 Å². The molecular weight excluding hydrogens is 226 g/mol. The third kappa shape index (κ3) is 2.73. The molecule has 0 spiro atoms. The Hall–Kier alpha value is -0.120. The summed E-state index contributed by atoms with van der Waals surface area (Å²) in [6.45, 7) is 8.54. The fourth-order valence-electron chi connectivity index (χ4n) is 3.72. The van der Waals surface area contributed by atoms with Gasteiger partial charge in [0.2, 0.25) is 0 Å². The molecule has 3 heteroatoms. The van der Waals surface area contributed by atoms with E-state index in [-0.39, 0.29) is 0 Å². The van der Waals surface area contributed by atoms with Gasteiger partial charge >= 0.3 is 0 Å². The Labute approximate surface area is 111 Å². The molecule has 0 amide bonds. The molecule has 18 heavy (non-hydrogen) atoms. The molecule has 2 saturated heterocycles. The Bertz CT molecular complexity index is 280. The predicted octanol–water partition coefficient (Wildman–Crippen LogP) is 2.30. The quantitative estimate of drug-likeness (QED) is 0.750. The summed E-state index contributed by atoms with van der Waals surface area (Å²) in [5, 5.41) is 0. The van der Waals surface area contributed by atoms with Gasteiger partial charge in [-0.3, -0.25) is 0 Å². The van der Waals surface area contributed by atoms with Crippen molar-refractivity contribution in [1.29, 1.82) is 0 Å². The molecule has 0 aromatic carbocycles. The van der Waals surface area contributed by atoms with Crippen LogP contribution in [0, 0.1) is 11.3 Å². The fourth-order valence-corrected chi connectivity index (χ4v) is 3.72. The van der Waals surface area contributed by atoms with Gasteiger partial charge in [0.1, 0.15) is 0 Å². The highest BCUT2D eigenvalue weighted by Gasteiger charge is 2.46. The molecule has 0 unspecified atom stereocenters. The Morgan fingerprint density at radius 3 is 3.00 bits per heavy atom. The Morgan fingerprint density at radius 1 is 1.33 bits per heavy atom. The number of ether oxygens (including phenoxy) is 2. The second-order valence-electron chi connectivity index (χ2n) is 6.43. The van der Waals surface area contributed by atoms with E-state index in [1.807, 2.05) is 0 Å². The molecule has 1 aliphatic carbocycles. The third-order valence-corrected chi connectivity index (χ3v) is 4.87. The van der Waals surface area contributed by atoms with Gasteiger partial charge in [-0.2, -0.15) is 0 Å². The molecule has 2 atom stereocenters. The Balaban J connectivity index is 1.64. The van der Waals surface area contributed by atoms with Crippen LogP contribution in [0.15, 0.2) is 0 Å². The van der Waals surface area contributed by atoms with Gasteiger partial charge in [-0.05, 0) is 44.9 Å². The average Bonchev–Trinajstić information content (AvgIpc) is 3.20. The van der Waals surface area contributed by atoms with Crippen LogP contribution in [0.1, 0.15) is 39.0 Å². The van der Waals surface area contributed by atoms with Gasteiger partial charge in [0.25, 0.3) is 0 Å². The van der Waals surface area contributed by atoms with Crippen LogP contribution in [0.3, 0.4) is 0 Å². The van der Waals surface area contributed by atoms with E-state index in [4.69, 9.17) is 9.47 Å². The number of hydrogen-bond donors (Lipinski definition) is 0. The average molecular weight is 253 g/mol. The van der Waals surface area contributed by atoms with E-state index in [9.17, 15) is 0 Å². The standard InChI is InChI=1S/C15H27NO2/c1-2-17-12-15-7-3-9-18-14(15)6-8-16(11-15)10-13-4-5-13/h13-14H,2-12H2,1H3/t14-,15-/m1/s1. The summed E-state index contributed by atoms with van der Waals surface area (Å²) in [6, 6.07) is 0. The summed E-state index contributed by atoms with van der Waals surface area (Å²) in [5.41, 5.74) is 0.293. The number of nitrogens with zero attached hydrogens (tertiary/aromatic N) is 1. The van der Waals surface area contributed by atoms with Gasteiger partial charge in [-0.15, -0.1) is 0 Å². The van der Waals surface area contributed by atoms with Crippen molar-refractivity contribution in [2.45, 2.75) is 45.1 Å². The van der Waals surface area contributed by atoms with Crippen molar-refractivity contribution in [1.82, 2.24) is 4.90 Å². The second-order valence-corrected chi connectivity index (χ2v) is 6.43. The topological polar surface area (TPSA) is 21.7 Å². The van der Waals surface area contributed by atoms with Gasteiger partial charge in [-0.1, -0.05) is 0 Å². The summed E-state index contributed by atoms with van der Waals surface area (Å²) >= 11 is 0. The van der Waals surface area contributed by atoms with Crippen molar-refractivity contribution in [3.8, 4) is 0 Å². The number of fused-ring (bicyclic) bond motifs is 1. The highest BCUT2D eigenvalue weighted by atomic mass is 16.5. The lowest BCUT2D eigenvalue weighted by Crippen LogP contribution is -2.57. The zero-order valence-electron chi connectivity index (χ0n) is 11.7. The van der Waals surface area contributed by atoms with Gasteiger partial charge in [0.15, 0.2) is 0 Å². The minimum Gasteiger partial charge on any atom is -0.381 e. The van der Waals surface area contributed by atoms with Gasteiger partial charge < -0.3 is 14.4 Å². The van der Waals surface area contributed by atoms with E-state index >= 15 is 0 Å². The van der Waals surface area contributed by atoms with Crippen molar-refractivity contribution in [2.24, 2.45) is 11.3 Å². The van der Waals surface area contributed by atoms with Gasteiger partial charge in [0.05, 0.1) is 12.7 Å². The molecule has 2 aliphatic heterocycles. The molecule has 3 aliphatic rings. The maximum Gasteiger partial charge on any atom is 0.0677 e. The molecule has 0 N–H and O–H groups in total. The lowest BCUT2D eigenvalue weighted by molar-refractivity contribution is -0.152. The molecule has 0 radical (unpaired) electrons. The van der Waals surface area contributed by atoms with Gasteiger partial charge in [0, 0.05) is 38.3 Å². The van der Waals surface area contributed by atoms with Crippen LogP contribution in [-0.4, -0.2) is 50.5 Å². The van der Waals surface area contributed by atoms with Crippen molar-refractivity contribution in [3.63, 3.8) is 0 Å². The molecule has 0 aromatic heterocycles. The summed E-state index contributed by atoms with van der Waals surface area (Å²) in [7, 11) is 0. The van der Waals surface area contributed by atoms with E-state index in [2.05, 4.69) is 11.8 Å². The van der Waals surface area contributed by atoms with Crippen LogP contribution in [0.25, 0.3) is 0 Å². The van der Waals surface area contributed by atoms with Crippen LogP contribution >= 0.6 is 0 Å². The summed E-state index contributed by atoms with van der Waals surface area (Å²) in [6.07, 6.45) is 7.07. The molecule has 0 bridgehead atoms. The molecule has 3 nitrogen and oxygen atoms in total. The monoisotopic (exact) mass is 253 g/mol. The van der Waals surface area contributed by atoms with E-state index < -0.39 is 0 Å². The third-order valence-electron chi connectivity index (χ3n) is 4.87. The largest absolute Gasteiger partial charge is 0.381 e. The first-order valence-electron chi connectivity index (χ1n) is 7.74. The first kappa shape index (κ1) is 12.9. The highest BCUT2D eigenvalue weighted by molar-refractivity contribution is 4.97. The predicted molar refractivity (Wildman–Crippen MR) is 71.7 cm³/mol. The molecule has 104 valence electrons. The molecular formula is C15H27NO2. The number of piperidine rings is 1. The lowest BCUT2D eigenvalue weighted by atomic mass is 9.73. The zero-order chi connectivity index (χ0) is 12.4. The summed E-state index contributed by atoms with van der Waals surface area (Å²) in [4.78, 5) is 2.68. The molecule has 1 saturated carbocycles. The van der Waals surface area contributed by atoms with Crippen LogP contribution < -0.4 is 0 Å². The maximum atomic E-state index is 6.04. The first-order chi connectivity index (χ1) is 8.82. The van der Waals surface area contributed by atoms with Crippen molar-refractivity contribution in [2.75, 3.05) is 39.5 Å². The Morgan fingerprint density at radius 2 is 2.22 bits per heavy atom. The molecule has 3 fully saturated rings. The number of likely N-dealkylation sites (tertiary alicyclic amines) is 1. The van der Waals surface area contributed by atoms with Crippen LogP contribution in [0.2, 0.25) is 0 Å². The SMILES string of the molecule is CCOC[C@]12CCCO[C@@H]1CCN(CC1CC1)C2. The van der Waals surface area contributed by atoms with E-state index in [1.54, 1.807) is 0 Å². The Kier molecular flexibility index (Phi) is 3.92. The van der Waals surface area contributed by atoms with Crippen LogP contribution in [-0.2, 0) is 9.47 Å². The normalized spacial score (nSPS) is 37.5. The maximum absolute atomic E-state index is 6.04. The lowest BCUT2D eigenvalue weighted by Gasteiger charge is -2.50. The van der Waals surface area contributed by atoms with Crippen LogP contribution in [0.4, 0.5) is 0 Å². The van der Waals surface area contributed by atoms with Crippen molar-refractivity contribution >= 4 is 0 Å². The highest BCUT2D eigenvalue weighted by Crippen LogP contribution is 2.41. The number of rotatable bonds is 5. The van der Waals surface area contributed by atoms with Crippen molar-refractivity contribution in [3.05, 3.63) is 0 Å². The molecule has 2 heterocycles. The van der Waals surface area contributed by atoms with E-state index in [0.717, 1.165) is 25.7 Å². The zero-order valence-corrected chi connectivity index (χ0v) is 11.7. The minimum absolute atomic E-state index is 0.293. The first-order valence-corrected chi connectivity index (χ1v) is 7.74. The van der Waals surface area contributed by atoms with Gasteiger partial charge in [-0.25, -0.2) is 0 Å². The second kappa shape index (κ2) is 5.48. The molecule has 0 aromatic rings. The minimum atomic E-state index is 0.293. The summed E-state index contributed by atoms with van der Waals surface area (Å²) in [5.74, 6) is 0.996. The van der Waals surface area contributed by atoms with Crippen molar-refractivity contribution < 1.29 is 9.47 Å².